The van der Waals surface area contributed by atoms with Gasteiger partial charge in [-0.2, -0.15) is 22.0 Å². The van der Waals surface area contributed by atoms with Gasteiger partial charge in [-0.05, 0) is 12.1 Å². The zero-order valence-electron chi connectivity index (χ0n) is 8.24. The van der Waals surface area contributed by atoms with E-state index in [-0.39, 0.29) is 5.02 Å². The molecule has 0 aliphatic heterocycles. The van der Waals surface area contributed by atoms with Gasteiger partial charge in [-0.15, -0.1) is 0 Å². The Hall–Kier alpha value is -0.820. The van der Waals surface area contributed by atoms with Gasteiger partial charge >= 0.3 is 12.3 Å². The largest absolute Gasteiger partial charge is 0.439 e. The van der Waals surface area contributed by atoms with E-state index in [1.54, 1.807) is 0 Å². The number of alkyl halides is 6. The minimum absolute atomic E-state index is 0.104. The van der Waals surface area contributed by atoms with E-state index in [1.807, 2.05) is 0 Å². The number of ether oxygens (including phenoxy) is 1. The lowest BCUT2D eigenvalue weighted by Gasteiger charge is -2.23. The number of hydrogen-bond donors (Lipinski definition) is 0. The van der Waals surface area contributed by atoms with Crippen LogP contribution in [0.25, 0.3) is 0 Å². The van der Waals surface area contributed by atoms with E-state index in [1.165, 1.54) is 6.07 Å². The topological polar surface area (TPSA) is 9.23 Å². The Morgan fingerprint density at radius 3 is 2.11 bits per heavy atom. The van der Waals surface area contributed by atoms with E-state index < -0.39 is 29.2 Å². The van der Waals surface area contributed by atoms with Crippen molar-refractivity contribution >= 4 is 23.2 Å². The summed E-state index contributed by atoms with van der Waals surface area (Å²) < 4.78 is 77.5. The van der Waals surface area contributed by atoms with Crippen molar-refractivity contribution in [1.29, 1.82) is 0 Å². The first-order valence-electron chi connectivity index (χ1n) is 4.26. The Kier molecular flexibility index (Phi) is 4.27. The van der Waals surface area contributed by atoms with Crippen LogP contribution in [0.3, 0.4) is 0 Å². The number of benzene rings is 1. The van der Waals surface area contributed by atoms with Gasteiger partial charge in [0.2, 0.25) is 0 Å². The average molecular weight is 313 g/mol. The molecule has 0 spiro atoms. The van der Waals surface area contributed by atoms with Gasteiger partial charge in [0.25, 0.3) is 6.17 Å². The van der Waals surface area contributed by atoms with Crippen molar-refractivity contribution < 1.29 is 31.1 Å². The summed E-state index contributed by atoms with van der Waals surface area (Å²) in [5, 5.41) is -0.527. The molecule has 0 aromatic heterocycles. The van der Waals surface area contributed by atoms with Crippen molar-refractivity contribution in [2.75, 3.05) is 0 Å². The zero-order chi connectivity index (χ0) is 14.1. The molecule has 1 aromatic rings. The van der Waals surface area contributed by atoms with E-state index in [2.05, 4.69) is 4.74 Å². The summed E-state index contributed by atoms with van der Waals surface area (Å²) in [5.41, 5.74) is 0. The van der Waals surface area contributed by atoms with Gasteiger partial charge in [-0.25, -0.2) is 4.39 Å². The summed E-state index contributed by atoms with van der Waals surface area (Å²) in [6, 6.07) is 2.97. The maximum atomic E-state index is 12.9. The lowest BCUT2D eigenvalue weighted by atomic mass is 10.3. The van der Waals surface area contributed by atoms with Crippen molar-refractivity contribution in [3.63, 3.8) is 0 Å². The summed E-state index contributed by atoms with van der Waals surface area (Å²) in [6.45, 7) is 0. The van der Waals surface area contributed by atoms with Crippen molar-refractivity contribution in [2.45, 2.75) is 18.5 Å². The van der Waals surface area contributed by atoms with Crippen LogP contribution in [-0.4, -0.2) is 18.5 Å². The smallest absolute Gasteiger partial charge is 0.428 e. The van der Waals surface area contributed by atoms with E-state index in [0.717, 1.165) is 12.1 Å². The second kappa shape index (κ2) is 5.05. The van der Waals surface area contributed by atoms with E-state index >= 15 is 0 Å². The SMILES string of the molecule is F[C@H](C(F)(F)F)C(F)(F)Oc1cc(Cl)ccc1Cl. The van der Waals surface area contributed by atoms with Crippen molar-refractivity contribution in [3.05, 3.63) is 28.2 Å². The maximum absolute atomic E-state index is 12.9. The molecule has 0 aliphatic rings. The van der Waals surface area contributed by atoms with Crippen molar-refractivity contribution in [1.82, 2.24) is 0 Å². The van der Waals surface area contributed by atoms with Gasteiger partial charge in [0.15, 0.2) is 0 Å². The molecule has 0 N–H and O–H groups in total. The van der Waals surface area contributed by atoms with Gasteiger partial charge in [-0.1, -0.05) is 23.2 Å². The summed E-state index contributed by atoms with van der Waals surface area (Å²) in [5.74, 6) is -0.846. The molecule has 1 rings (SSSR count). The third-order valence-electron chi connectivity index (χ3n) is 1.72. The molecular weight excluding hydrogens is 309 g/mol. The Morgan fingerprint density at radius 2 is 1.61 bits per heavy atom. The molecule has 0 heterocycles. The van der Waals surface area contributed by atoms with Crippen LogP contribution in [0.4, 0.5) is 26.3 Å². The first-order chi connectivity index (χ1) is 8.04. The molecule has 0 fully saturated rings. The highest BCUT2D eigenvalue weighted by molar-refractivity contribution is 6.34. The highest BCUT2D eigenvalue weighted by atomic mass is 35.5. The maximum Gasteiger partial charge on any atom is 0.439 e. The quantitative estimate of drug-likeness (QED) is 0.724. The standard InChI is InChI=1S/C9H4Cl2F6O/c10-4-1-2-5(11)6(3-4)18-9(16,17)7(12)8(13,14)15/h1-3,7H/t7-/m1/s1. The molecule has 102 valence electrons. The summed E-state index contributed by atoms with van der Waals surface area (Å²) >= 11 is 10.8. The molecule has 0 aliphatic carbocycles. The molecule has 1 atom stereocenters. The van der Waals surface area contributed by atoms with Gasteiger partial charge < -0.3 is 4.74 Å². The highest BCUT2D eigenvalue weighted by Gasteiger charge is 2.59. The predicted molar refractivity (Wildman–Crippen MR) is 53.0 cm³/mol. The van der Waals surface area contributed by atoms with Crippen LogP contribution in [0.15, 0.2) is 18.2 Å². The minimum Gasteiger partial charge on any atom is -0.428 e. The Labute approximate surface area is 107 Å². The monoisotopic (exact) mass is 312 g/mol. The number of halogens is 8. The lowest BCUT2D eigenvalue weighted by Crippen LogP contribution is -2.45. The fourth-order valence-corrected chi connectivity index (χ4v) is 1.26. The molecule has 0 unspecified atom stereocenters. The first kappa shape index (κ1) is 15.2. The molecule has 0 saturated carbocycles. The highest BCUT2D eigenvalue weighted by Crippen LogP contribution is 2.39. The van der Waals surface area contributed by atoms with Gasteiger partial charge in [0, 0.05) is 11.1 Å². The fraction of sp³-hybridized carbons (Fsp3) is 0.333. The summed E-state index contributed by atoms with van der Waals surface area (Å²) in [4.78, 5) is 0. The number of rotatable bonds is 3. The van der Waals surface area contributed by atoms with E-state index in [4.69, 9.17) is 23.2 Å². The molecule has 1 nitrogen and oxygen atoms in total. The van der Waals surface area contributed by atoms with Gasteiger partial charge in [0.1, 0.15) is 5.75 Å². The second-order valence-electron chi connectivity index (χ2n) is 3.14. The Balaban J connectivity index is 2.98. The fourth-order valence-electron chi connectivity index (χ4n) is 0.944. The molecule has 0 bridgehead atoms. The van der Waals surface area contributed by atoms with Crippen molar-refractivity contribution in [2.24, 2.45) is 0 Å². The van der Waals surface area contributed by atoms with Crippen LogP contribution in [0.2, 0.25) is 10.0 Å². The molecule has 1 aromatic carbocycles. The van der Waals surface area contributed by atoms with Gasteiger partial charge in [0.05, 0.1) is 5.02 Å². The predicted octanol–water partition coefficient (Wildman–Crippen LogP) is 4.87. The average Bonchev–Trinajstić information content (AvgIpc) is 2.20. The first-order valence-corrected chi connectivity index (χ1v) is 5.02. The summed E-state index contributed by atoms with van der Waals surface area (Å²) in [6.07, 6.45) is -15.3. The molecular formula is C9H4Cl2F6O. The normalized spacial score (nSPS) is 14.4. The number of hydrogen-bond acceptors (Lipinski definition) is 1. The third kappa shape index (κ3) is 3.58. The van der Waals surface area contributed by atoms with E-state index in [0.29, 0.717) is 0 Å². The van der Waals surface area contributed by atoms with Crippen LogP contribution in [0.1, 0.15) is 0 Å². The molecule has 0 amide bonds. The van der Waals surface area contributed by atoms with Crippen LogP contribution in [-0.2, 0) is 0 Å². The molecule has 9 heteroatoms. The zero-order valence-corrected chi connectivity index (χ0v) is 9.75. The lowest BCUT2D eigenvalue weighted by molar-refractivity contribution is -0.304. The molecule has 0 saturated heterocycles. The Bertz CT molecular complexity index is 434. The van der Waals surface area contributed by atoms with Crippen molar-refractivity contribution in [3.8, 4) is 5.75 Å². The van der Waals surface area contributed by atoms with E-state index in [9.17, 15) is 26.3 Å². The molecule has 18 heavy (non-hydrogen) atoms. The minimum atomic E-state index is -5.76. The van der Waals surface area contributed by atoms with Crippen LogP contribution >= 0.6 is 23.2 Å². The van der Waals surface area contributed by atoms with Crippen LogP contribution in [0.5, 0.6) is 5.75 Å². The second-order valence-corrected chi connectivity index (χ2v) is 3.99. The molecule has 0 radical (unpaired) electrons. The van der Waals surface area contributed by atoms with Crippen LogP contribution < -0.4 is 4.74 Å². The third-order valence-corrected chi connectivity index (χ3v) is 2.27. The summed E-state index contributed by atoms with van der Waals surface area (Å²) in [7, 11) is 0. The van der Waals surface area contributed by atoms with Gasteiger partial charge in [-0.3, -0.25) is 0 Å². The Morgan fingerprint density at radius 1 is 1.06 bits per heavy atom. The van der Waals surface area contributed by atoms with Crippen LogP contribution in [0, 0.1) is 0 Å².